The van der Waals surface area contributed by atoms with Crippen LogP contribution in [0.3, 0.4) is 0 Å². The molecule has 5 nitrogen and oxygen atoms in total. The first-order valence-corrected chi connectivity index (χ1v) is 5.60. The highest BCUT2D eigenvalue weighted by atomic mass is 16.6. The number of non-ortho nitro benzene ring substituents is 1. The van der Waals surface area contributed by atoms with Gasteiger partial charge in [0, 0.05) is 36.3 Å². The van der Waals surface area contributed by atoms with E-state index in [2.05, 4.69) is 13.8 Å². The van der Waals surface area contributed by atoms with Crippen molar-refractivity contribution in [2.45, 2.75) is 19.3 Å². The van der Waals surface area contributed by atoms with Gasteiger partial charge in [-0.15, -0.1) is 0 Å². The summed E-state index contributed by atoms with van der Waals surface area (Å²) >= 11 is 0. The zero-order valence-electron chi connectivity index (χ0n) is 10.0. The number of β-amino-alcohol motifs (C(OH)–C–C–N with tert-alkyl or cyclic N) is 1. The molecule has 2 rings (SSSR count). The predicted molar refractivity (Wildman–Crippen MR) is 65.4 cm³/mol. The van der Waals surface area contributed by atoms with Crippen molar-refractivity contribution in [3.05, 3.63) is 33.9 Å². The molecule has 1 N–H and O–H groups in total. The molecule has 0 radical (unpaired) electrons. The fourth-order valence-electron chi connectivity index (χ4n) is 2.44. The lowest BCUT2D eigenvalue weighted by Crippen LogP contribution is -2.30. The first-order valence-electron chi connectivity index (χ1n) is 5.60. The van der Waals surface area contributed by atoms with Gasteiger partial charge in [0.1, 0.15) is 0 Å². The number of benzene rings is 1. The Morgan fingerprint density at radius 1 is 1.53 bits per heavy atom. The Morgan fingerprint density at radius 3 is 2.82 bits per heavy atom. The fourth-order valence-corrected chi connectivity index (χ4v) is 2.44. The van der Waals surface area contributed by atoms with Gasteiger partial charge in [0.05, 0.1) is 11.5 Å². The Hall–Kier alpha value is -1.62. The van der Waals surface area contributed by atoms with Gasteiger partial charge in [0.2, 0.25) is 0 Å². The van der Waals surface area contributed by atoms with Gasteiger partial charge in [0.25, 0.3) is 5.69 Å². The van der Waals surface area contributed by atoms with Crippen LogP contribution in [0.1, 0.15) is 19.4 Å². The molecule has 17 heavy (non-hydrogen) atoms. The second-order valence-electron chi connectivity index (χ2n) is 4.99. The van der Waals surface area contributed by atoms with Crippen LogP contribution in [0.15, 0.2) is 18.2 Å². The lowest BCUT2D eigenvalue weighted by molar-refractivity contribution is -0.384. The highest BCUT2D eigenvalue weighted by molar-refractivity contribution is 5.66. The maximum atomic E-state index is 10.8. The molecule has 0 amide bonds. The van der Waals surface area contributed by atoms with E-state index in [4.69, 9.17) is 5.11 Å². The maximum absolute atomic E-state index is 10.8. The monoisotopic (exact) mass is 236 g/mol. The first kappa shape index (κ1) is 11.9. The molecule has 1 aromatic carbocycles. The first-order chi connectivity index (χ1) is 7.95. The molecule has 1 aromatic rings. The molecule has 1 aliphatic heterocycles. The molecule has 0 atom stereocenters. The molecular weight excluding hydrogens is 220 g/mol. The third-order valence-corrected chi connectivity index (χ3v) is 3.22. The van der Waals surface area contributed by atoms with E-state index in [0.29, 0.717) is 6.54 Å². The van der Waals surface area contributed by atoms with Crippen LogP contribution in [0.5, 0.6) is 0 Å². The Kier molecular flexibility index (Phi) is 2.79. The van der Waals surface area contributed by atoms with Gasteiger partial charge in [-0.05, 0) is 11.6 Å². The number of anilines is 1. The van der Waals surface area contributed by atoms with Gasteiger partial charge < -0.3 is 10.0 Å². The highest BCUT2D eigenvalue weighted by Gasteiger charge is 2.35. The third kappa shape index (κ3) is 1.98. The predicted octanol–water partition coefficient (Wildman–Crippen LogP) is 1.68. The van der Waals surface area contributed by atoms with Crippen molar-refractivity contribution in [2.75, 3.05) is 24.6 Å². The Morgan fingerprint density at radius 2 is 2.24 bits per heavy atom. The Labute approximate surface area is 99.8 Å². The fraction of sp³-hybridized carbons (Fsp3) is 0.500. The topological polar surface area (TPSA) is 66.6 Å². The van der Waals surface area contributed by atoms with E-state index in [1.54, 1.807) is 12.1 Å². The highest BCUT2D eigenvalue weighted by Crippen LogP contribution is 2.41. The van der Waals surface area contributed by atoms with E-state index >= 15 is 0 Å². The van der Waals surface area contributed by atoms with Crippen LogP contribution in [0.25, 0.3) is 0 Å². The van der Waals surface area contributed by atoms with Crippen molar-refractivity contribution in [1.82, 2.24) is 0 Å². The molecule has 0 saturated carbocycles. The van der Waals surface area contributed by atoms with E-state index < -0.39 is 0 Å². The van der Waals surface area contributed by atoms with Crippen LogP contribution in [0.4, 0.5) is 11.4 Å². The number of hydrogen-bond donors (Lipinski definition) is 1. The van der Waals surface area contributed by atoms with Crippen molar-refractivity contribution >= 4 is 11.4 Å². The van der Waals surface area contributed by atoms with Crippen molar-refractivity contribution in [3.8, 4) is 0 Å². The standard InChI is InChI=1S/C12H16N2O3/c1-12(2)8-13(5-6-15)11-7-9(14(16)17)3-4-10(11)12/h3-4,7,15H,5-6,8H2,1-2H3. The molecule has 0 aliphatic carbocycles. The molecular formula is C12H16N2O3. The molecule has 1 aliphatic rings. The zero-order valence-corrected chi connectivity index (χ0v) is 10.0. The molecule has 0 aromatic heterocycles. The summed E-state index contributed by atoms with van der Waals surface area (Å²) in [7, 11) is 0. The van der Waals surface area contributed by atoms with Crippen molar-refractivity contribution in [1.29, 1.82) is 0 Å². The lowest BCUT2D eigenvalue weighted by atomic mass is 9.87. The second kappa shape index (κ2) is 4.00. The van der Waals surface area contributed by atoms with E-state index in [-0.39, 0.29) is 22.6 Å². The number of nitro benzene ring substituents is 1. The van der Waals surface area contributed by atoms with Crippen LogP contribution in [-0.4, -0.2) is 29.7 Å². The summed E-state index contributed by atoms with van der Waals surface area (Å²) in [4.78, 5) is 12.4. The Bertz CT molecular complexity index is 457. The number of fused-ring (bicyclic) bond motifs is 1. The normalized spacial score (nSPS) is 17.0. The molecule has 1 heterocycles. The summed E-state index contributed by atoms with van der Waals surface area (Å²) < 4.78 is 0. The average molecular weight is 236 g/mol. The summed E-state index contributed by atoms with van der Waals surface area (Å²) in [5.74, 6) is 0. The number of aliphatic hydroxyl groups excluding tert-OH is 1. The van der Waals surface area contributed by atoms with Crippen LogP contribution in [-0.2, 0) is 5.41 Å². The molecule has 0 fully saturated rings. The minimum absolute atomic E-state index is 0.0281. The SMILES string of the molecule is CC1(C)CN(CCO)c2cc([N+](=O)[O-])ccc21. The van der Waals surface area contributed by atoms with Crippen LogP contribution >= 0.6 is 0 Å². The van der Waals surface area contributed by atoms with E-state index in [9.17, 15) is 10.1 Å². The van der Waals surface area contributed by atoms with Gasteiger partial charge in [0.15, 0.2) is 0 Å². The molecule has 0 unspecified atom stereocenters. The summed E-state index contributed by atoms with van der Waals surface area (Å²) in [5, 5.41) is 19.8. The Balaban J connectivity index is 2.47. The number of aliphatic hydroxyl groups is 1. The molecule has 0 bridgehead atoms. The number of hydrogen-bond acceptors (Lipinski definition) is 4. The number of nitro groups is 1. The van der Waals surface area contributed by atoms with E-state index in [1.165, 1.54) is 0 Å². The number of nitrogens with zero attached hydrogens (tertiary/aromatic N) is 2. The number of rotatable bonds is 3. The quantitative estimate of drug-likeness (QED) is 0.640. The molecule has 5 heteroatoms. The molecule has 0 saturated heterocycles. The van der Waals surface area contributed by atoms with Gasteiger partial charge in [-0.2, -0.15) is 0 Å². The summed E-state index contributed by atoms with van der Waals surface area (Å²) in [6, 6.07) is 4.97. The smallest absolute Gasteiger partial charge is 0.271 e. The summed E-state index contributed by atoms with van der Waals surface area (Å²) in [5.41, 5.74) is 2.05. The summed E-state index contributed by atoms with van der Waals surface area (Å²) in [6.45, 7) is 5.56. The minimum Gasteiger partial charge on any atom is -0.395 e. The van der Waals surface area contributed by atoms with Crippen LogP contribution in [0, 0.1) is 10.1 Å². The van der Waals surface area contributed by atoms with Crippen LogP contribution in [0.2, 0.25) is 0 Å². The third-order valence-electron chi connectivity index (χ3n) is 3.22. The van der Waals surface area contributed by atoms with E-state index in [1.807, 2.05) is 11.0 Å². The van der Waals surface area contributed by atoms with Gasteiger partial charge in [-0.1, -0.05) is 13.8 Å². The average Bonchev–Trinajstić information content (AvgIpc) is 2.51. The van der Waals surface area contributed by atoms with E-state index in [0.717, 1.165) is 17.8 Å². The van der Waals surface area contributed by atoms with Gasteiger partial charge in [-0.25, -0.2) is 0 Å². The molecule has 0 spiro atoms. The van der Waals surface area contributed by atoms with Gasteiger partial charge >= 0.3 is 0 Å². The summed E-state index contributed by atoms with van der Waals surface area (Å²) in [6.07, 6.45) is 0. The van der Waals surface area contributed by atoms with Crippen LogP contribution < -0.4 is 4.90 Å². The second-order valence-corrected chi connectivity index (χ2v) is 4.99. The van der Waals surface area contributed by atoms with Crippen molar-refractivity contribution in [2.24, 2.45) is 0 Å². The van der Waals surface area contributed by atoms with Crippen molar-refractivity contribution in [3.63, 3.8) is 0 Å². The minimum atomic E-state index is -0.386. The zero-order chi connectivity index (χ0) is 12.6. The molecule has 92 valence electrons. The van der Waals surface area contributed by atoms with Crippen molar-refractivity contribution < 1.29 is 10.0 Å². The lowest BCUT2D eigenvalue weighted by Gasteiger charge is -2.21. The van der Waals surface area contributed by atoms with Gasteiger partial charge in [-0.3, -0.25) is 10.1 Å². The maximum Gasteiger partial charge on any atom is 0.271 e. The largest absolute Gasteiger partial charge is 0.395 e.